The second kappa shape index (κ2) is 6.20. The van der Waals surface area contributed by atoms with Crippen LogP contribution in [0.5, 0.6) is 0 Å². The van der Waals surface area contributed by atoms with Gasteiger partial charge in [-0.05, 0) is 18.4 Å². The minimum Gasteiger partial charge on any atom is -0.361 e. The zero-order valence-electron chi connectivity index (χ0n) is 13.9. The Morgan fingerprint density at radius 1 is 1.29 bits per heavy atom. The van der Waals surface area contributed by atoms with E-state index in [9.17, 15) is 4.79 Å². The lowest BCUT2D eigenvalue weighted by molar-refractivity contribution is 0.0943. The van der Waals surface area contributed by atoms with E-state index >= 15 is 0 Å². The maximum Gasteiger partial charge on any atom is 0.257 e. The summed E-state index contributed by atoms with van der Waals surface area (Å²) in [5.41, 5.74) is 0.796. The number of rotatable bonds is 4. The van der Waals surface area contributed by atoms with Crippen LogP contribution in [0.25, 0.3) is 10.7 Å². The molecule has 0 aliphatic heterocycles. The molecule has 0 saturated carbocycles. The van der Waals surface area contributed by atoms with Crippen molar-refractivity contribution in [3.63, 3.8) is 0 Å². The summed E-state index contributed by atoms with van der Waals surface area (Å²) in [6.45, 7) is 7.80. The Kier molecular flexibility index (Phi) is 4.23. The fourth-order valence-corrected chi connectivity index (χ4v) is 2.88. The molecule has 1 amide bonds. The van der Waals surface area contributed by atoms with Crippen molar-refractivity contribution < 1.29 is 13.8 Å². The van der Waals surface area contributed by atoms with Crippen molar-refractivity contribution in [1.29, 1.82) is 0 Å². The van der Waals surface area contributed by atoms with Crippen LogP contribution >= 0.6 is 11.3 Å². The van der Waals surface area contributed by atoms with Crippen LogP contribution in [0.15, 0.2) is 26.6 Å². The number of thiophene rings is 1. The molecule has 0 atom stereocenters. The largest absolute Gasteiger partial charge is 0.361 e. The Hall–Kier alpha value is -2.48. The summed E-state index contributed by atoms with van der Waals surface area (Å²) < 4.78 is 10.4. The molecule has 3 heterocycles. The number of hydrogen-bond acceptors (Lipinski definition) is 7. The van der Waals surface area contributed by atoms with Gasteiger partial charge in [0.25, 0.3) is 5.91 Å². The number of aryl methyl sites for hydroxylation is 1. The van der Waals surface area contributed by atoms with Gasteiger partial charge in [-0.2, -0.15) is 4.98 Å². The van der Waals surface area contributed by atoms with Gasteiger partial charge in [0.1, 0.15) is 17.0 Å². The fraction of sp³-hybridized carbons (Fsp3) is 0.375. The normalized spacial score (nSPS) is 11.7. The molecule has 3 rings (SSSR count). The first-order valence-corrected chi connectivity index (χ1v) is 8.35. The van der Waals surface area contributed by atoms with E-state index in [-0.39, 0.29) is 17.9 Å². The van der Waals surface area contributed by atoms with Gasteiger partial charge in [0.2, 0.25) is 11.7 Å². The van der Waals surface area contributed by atoms with Crippen LogP contribution < -0.4 is 5.32 Å². The Morgan fingerprint density at radius 2 is 2.08 bits per heavy atom. The zero-order valence-corrected chi connectivity index (χ0v) is 14.7. The molecule has 7 nitrogen and oxygen atoms in total. The van der Waals surface area contributed by atoms with Crippen molar-refractivity contribution in [2.24, 2.45) is 0 Å². The van der Waals surface area contributed by atoms with E-state index in [1.807, 2.05) is 38.3 Å². The lowest BCUT2D eigenvalue weighted by Gasteiger charge is -2.16. The average molecular weight is 346 g/mol. The Morgan fingerprint density at radius 3 is 2.75 bits per heavy atom. The molecule has 1 N–H and O–H groups in total. The highest BCUT2D eigenvalue weighted by atomic mass is 32.1. The van der Waals surface area contributed by atoms with Crippen LogP contribution in [0.4, 0.5) is 0 Å². The third-order valence-corrected chi connectivity index (χ3v) is 4.28. The number of hydrogen-bond donors (Lipinski definition) is 1. The van der Waals surface area contributed by atoms with Crippen molar-refractivity contribution in [1.82, 2.24) is 20.6 Å². The van der Waals surface area contributed by atoms with E-state index in [1.54, 1.807) is 6.92 Å². The standard InChI is InChI=1S/C16H18N4O3S/c1-9-12(13(19-22-9)16(2,3)4)15(21)17-8-11-18-14(20-23-11)10-6-5-7-24-10/h5-7H,8H2,1-4H3,(H,17,21). The summed E-state index contributed by atoms with van der Waals surface area (Å²) in [5, 5.41) is 12.7. The molecule has 0 spiro atoms. The van der Waals surface area contributed by atoms with Crippen molar-refractivity contribution >= 4 is 17.2 Å². The smallest absolute Gasteiger partial charge is 0.257 e. The Bertz CT molecular complexity index is 843. The number of carbonyl (C=O) groups excluding carboxylic acids is 1. The molecule has 3 aromatic heterocycles. The van der Waals surface area contributed by atoms with Crippen LogP contribution in [0.1, 0.15) is 48.5 Å². The maximum absolute atomic E-state index is 12.5. The quantitative estimate of drug-likeness (QED) is 0.779. The number of carbonyl (C=O) groups is 1. The molecule has 0 aliphatic carbocycles. The van der Waals surface area contributed by atoms with E-state index in [1.165, 1.54) is 11.3 Å². The number of aromatic nitrogens is 3. The summed E-state index contributed by atoms with van der Waals surface area (Å²) in [6, 6.07) is 3.83. The van der Waals surface area contributed by atoms with Crippen molar-refractivity contribution in [2.75, 3.05) is 0 Å². The molecule has 8 heteroatoms. The summed E-state index contributed by atoms with van der Waals surface area (Å²) in [7, 11) is 0. The second-order valence-corrected chi connectivity index (χ2v) is 7.33. The molecule has 24 heavy (non-hydrogen) atoms. The van der Waals surface area contributed by atoms with Gasteiger partial charge < -0.3 is 14.4 Å². The van der Waals surface area contributed by atoms with Crippen molar-refractivity contribution in [2.45, 2.75) is 39.7 Å². The molecule has 0 aromatic carbocycles. The highest BCUT2D eigenvalue weighted by Gasteiger charge is 2.28. The summed E-state index contributed by atoms with van der Waals surface area (Å²) in [6.07, 6.45) is 0. The van der Waals surface area contributed by atoms with Gasteiger partial charge in [-0.3, -0.25) is 4.79 Å². The Labute approximate surface area is 143 Å². The molecule has 0 saturated heterocycles. The third kappa shape index (κ3) is 3.23. The predicted molar refractivity (Wildman–Crippen MR) is 88.7 cm³/mol. The molecule has 0 aliphatic rings. The summed E-state index contributed by atoms with van der Waals surface area (Å²) in [5.74, 6) is 1.08. The first-order valence-electron chi connectivity index (χ1n) is 7.47. The molecule has 0 radical (unpaired) electrons. The van der Waals surface area contributed by atoms with Gasteiger partial charge in [-0.1, -0.05) is 37.2 Å². The minimum absolute atomic E-state index is 0.144. The van der Waals surface area contributed by atoms with E-state index in [0.29, 0.717) is 28.7 Å². The van der Waals surface area contributed by atoms with Gasteiger partial charge in [0.05, 0.1) is 11.4 Å². The van der Waals surface area contributed by atoms with Gasteiger partial charge in [0.15, 0.2) is 0 Å². The van der Waals surface area contributed by atoms with E-state index in [4.69, 9.17) is 9.05 Å². The second-order valence-electron chi connectivity index (χ2n) is 6.38. The van der Waals surface area contributed by atoms with Crippen molar-refractivity contribution in [3.8, 4) is 10.7 Å². The fourth-order valence-electron chi connectivity index (χ4n) is 2.23. The van der Waals surface area contributed by atoms with Crippen LogP contribution in [-0.4, -0.2) is 21.2 Å². The van der Waals surface area contributed by atoms with Crippen molar-refractivity contribution in [3.05, 3.63) is 40.4 Å². The molecule has 0 fully saturated rings. The van der Waals surface area contributed by atoms with E-state index < -0.39 is 0 Å². The van der Waals surface area contributed by atoms with Crippen LogP contribution in [0.3, 0.4) is 0 Å². The number of nitrogens with one attached hydrogen (secondary N) is 1. The molecule has 0 bridgehead atoms. The molecule has 0 unspecified atom stereocenters. The predicted octanol–water partition coefficient (Wildman–Crippen LogP) is 3.32. The number of nitrogens with zero attached hydrogens (tertiary/aromatic N) is 3. The monoisotopic (exact) mass is 346 g/mol. The molecular weight excluding hydrogens is 328 g/mol. The lowest BCUT2D eigenvalue weighted by atomic mass is 9.88. The van der Waals surface area contributed by atoms with Gasteiger partial charge in [0, 0.05) is 5.41 Å². The third-order valence-electron chi connectivity index (χ3n) is 3.41. The van der Waals surface area contributed by atoms with Crippen LogP contribution in [0, 0.1) is 6.92 Å². The van der Waals surface area contributed by atoms with E-state index in [0.717, 1.165) is 4.88 Å². The zero-order chi connectivity index (χ0) is 17.3. The first-order chi connectivity index (χ1) is 11.4. The molecule has 126 valence electrons. The first kappa shape index (κ1) is 16.4. The van der Waals surface area contributed by atoms with Crippen LogP contribution in [-0.2, 0) is 12.0 Å². The molecule has 3 aromatic rings. The van der Waals surface area contributed by atoms with Gasteiger partial charge in [-0.15, -0.1) is 11.3 Å². The highest BCUT2D eigenvalue weighted by Crippen LogP contribution is 2.27. The van der Waals surface area contributed by atoms with Gasteiger partial charge >= 0.3 is 0 Å². The lowest BCUT2D eigenvalue weighted by Crippen LogP contribution is -2.27. The number of amides is 1. The SMILES string of the molecule is Cc1onc(C(C)(C)C)c1C(=O)NCc1nc(-c2cccs2)no1. The van der Waals surface area contributed by atoms with Crippen LogP contribution in [0.2, 0.25) is 0 Å². The highest BCUT2D eigenvalue weighted by molar-refractivity contribution is 7.13. The average Bonchev–Trinajstić information content (AvgIpc) is 3.23. The summed E-state index contributed by atoms with van der Waals surface area (Å²) in [4.78, 5) is 17.7. The Balaban J connectivity index is 1.72. The molecular formula is C16H18N4O3S. The topological polar surface area (TPSA) is 94.1 Å². The van der Waals surface area contributed by atoms with E-state index in [2.05, 4.69) is 20.6 Å². The maximum atomic E-state index is 12.5. The summed E-state index contributed by atoms with van der Waals surface area (Å²) >= 11 is 1.53. The van der Waals surface area contributed by atoms with Gasteiger partial charge in [-0.25, -0.2) is 0 Å². The minimum atomic E-state index is -0.290.